The number of para-hydroxylation sites is 1. The average molecular weight is 419 g/mol. The van der Waals surface area contributed by atoms with Crippen molar-refractivity contribution >= 4 is 26.5 Å². The number of benzene rings is 2. The van der Waals surface area contributed by atoms with Gasteiger partial charge in [0.15, 0.2) is 0 Å². The number of allylic oxidation sites excluding steroid dienone is 1. The first-order valence-electron chi connectivity index (χ1n) is 9.89. The van der Waals surface area contributed by atoms with Crippen molar-refractivity contribution in [2.24, 2.45) is 0 Å². The van der Waals surface area contributed by atoms with E-state index in [4.69, 9.17) is 4.84 Å². The van der Waals surface area contributed by atoms with Crippen molar-refractivity contribution < 1.29 is 13.3 Å². The summed E-state index contributed by atoms with van der Waals surface area (Å²) in [6, 6.07) is 19.0. The van der Waals surface area contributed by atoms with Crippen molar-refractivity contribution in [2.45, 2.75) is 24.7 Å². The van der Waals surface area contributed by atoms with Crippen LogP contribution in [0.5, 0.6) is 0 Å². The fraction of sp³-hybridized carbons (Fsp3) is 0.167. The van der Waals surface area contributed by atoms with Gasteiger partial charge in [-0.3, -0.25) is 0 Å². The van der Waals surface area contributed by atoms with Crippen LogP contribution in [-0.2, 0) is 16.4 Å². The third kappa shape index (κ3) is 2.79. The van der Waals surface area contributed by atoms with E-state index in [9.17, 15) is 8.42 Å². The van der Waals surface area contributed by atoms with Gasteiger partial charge in [0.25, 0.3) is 10.0 Å². The largest absolute Gasteiger partial charge is 0.417 e. The Kier molecular flexibility index (Phi) is 4.33. The average Bonchev–Trinajstić information content (AvgIpc) is 3.35. The molecule has 1 aliphatic carbocycles. The summed E-state index contributed by atoms with van der Waals surface area (Å²) in [5.74, 6) is 0. The second-order valence-electron chi connectivity index (χ2n) is 7.51. The molecule has 4 aromatic rings. The highest BCUT2D eigenvalue weighted by molar-refractivity contribution is 7.90. The molecule has 2 heterocycles. The standard InChI is InChI=1S/C24H22N2O3S/c1-17-10-12-19(13-11-17)30(27,28)25-15-14-21-20(7-5-9-23(21)25)24-16-18-6-3-4-8-22(18)26(24)29-2/h3-4,6-8,10-16H,5,9H2,1-2H3. The highest BCUT2D eigenvalue weighted by atomic mass is 32.2. The Labute approximate surface area is 175 Å². The minimum absolute atomic E-state index is 0.300. The fourth-order valence-corrected chi connectivity index (χ4v) is 5.61. The summed E-state index contributed by atoms with van der Waals surface area (Å²) >= 11 is 0. The van der Waals surface area contributed by atoms with Gasteiger partial charge in [0.1, 0.15) is 7.11 Å². The van der Waals surface area contributed by atoms with Crippen LogP contribution in [0.1, 0.15) is 28.9 Å². The Morgan fingerprint density at radius 2 is 1.77 bits per heavy atom. The molecule has 0 spiro atoms. The van der Waals surface area contributed by atoms with Gasteiger partial charge in [-0.1, -0.05) is 42.0 Å². The molecule has 0 bridgehead atoms. The van der Waals surface area contributed by atoms with Crippen LogP contribution in [0.25, 0.3) is 16.5 Å². The summed E-state index contributed by atoms with van der Waals surface area (Å²) in [4.78, 5) is 5.97. The molecule has 2 aromatic heterocycles. The summed E-state index contributed by atoms with van der Waals surface area (Å²) in [6.07, 6.45) is 5.26. The second kappa shape index (κ2) is 6.92. The lowest BCUT2D eigenvalue weighted by molar-refractivity contribution is 0.177. The van der Waals surface area contributed by atoms with Crippen LogP contribution in [-0.4, -0.2) is 24.2 Å². The molecule has 5 nitrogen and oxygen atoms in total. The van der Waals surface area contributed by atoms with E-state index < -0.39 is 10.0 Å². The molecule has 1 aliphatic rings. The first-order chi connectivity index (χ1) is 14.5. The monoisotopic (exact) mass is 418 g/mol. The molecule has 6 heteroatoms. The predicted molar refractivity (Wildman–Crippen MR) is 118 cm³/mol. The molecule has 0 unspecified atom stereocenters. The van der Waals surface area contributed by atoms with E-state index in [0.717, 1.165) is 45.4 Å². The maximum Gasteiger partial charge on any atom is 0.267 e. The molecular formula is C24H22N2O3S. The quantitative estimate of drug-likeness (QED) is 0.493. The first kappa shape index (κ1) is 18.8. The summed E-state index contributed by atoms with van der Waals surface area (Å²) in [6.45, 7) is 1.94. The van der Waals surface area contributed by atoms with Crippen molar-refractivity contribution in [1.82, 2.24) is 8.70 Å². The van der Waals surface area contributed by atoms with Gasteiger partial charge in [0, 0.05) is 28.4 Å². The molecule has 5 rings (SSSR count). The fourth-order valence-electron chi connectivity index (χ4n) is 4.21. The van der Waals surface area contributed by atoms with Crippen molar-refractivity contribution in [1.29, 1.82) is 0 Å². The van der Waals surface area contributed by atoms with Crippen molar-refractivity contribution in [3.63, 3.8) is 0 Å². The Bertz CT molecular complexity index is 1390. The maximum absolute atomic E-state index is 13.3. The van der Waals surface area contributed by atoms with Gasteiger partial charge < -0.3 is 4.84 Å². The minimum Gasteiger partial charge on any atom is -0.417 e. The van der Waals surface area contributed by atoms with Crippen molar-refractivity contribution in [3.05, 3.63) is 95.5 Å². The number of hydrogen-bond acceptors (Lipinski definition) is 3. The zero-order valence-corrected chi connectivity index (χ0v) is 17.7. The molecule has 0 fully saturated rings. The number of hydrogen-bond donors (Lipinski definition) is 0. The molecule has 0 saturated heterocycles. The van der Waals surface area contributed by atoms with Gasteiger partial charge in [-0.25, -0.2) is 12.4 Å². The number of fused-ring (bicyclic) bond motifs is 2. The third-order valence-electron chi connectivity index (χ3n) is 5.68. The molecule has 0 radical (unpaired) electrons. The molecular weight excluding hydrogens is 396 g/mol. The molecule has 0 N–H and O–H groups in total. The molecule has 0 saturated carbocycles. The summed E-state index contributed by atoms with van der Waals surface area (Å²) in [5, 5.41) is 1.08. The van der Waals surface area contributed by atoms with Crippen LogP contribution in [0.15, 0.2) is 77.8 Å². The molecule has 0 aliphatic heterocycles. The van der Waals surface area contributed by atoms with E-state index in [1.54, 1.807) is 25.4 Å². The van der Waals surface area contributed by atoms with E-state index in [2.05, 4.69) is 12.1 Å². The van der Waals surface area contributed by atoms with Crippen LogP contribution >= 0.6 is 0 Å². The zero-order chi connectivity index (χ0) is 20.9. The van der Waals surface area contributed by atoms with E-state index in [0.29, 0.717) is 11.3 Å². The van der Waals surface area contributed by atoms with Crippen LogP contribution in [0.2, 0.25) is 0 Å². The lowest BCUT2D eigenvalue weighted by atomic mass is 9.94. The molecule has 0 amide bonds. The van der Waals surface area contributed by atoms with E-state index >= 15 is 0 Å². The SMILES string of the molecule is COn1c(C2=CCCc3c2ccn3S(=O)(=O)c2ccc(C)cc2)cc2ccccc21. The maximum atomic E-state index is 13.3. The first-order valence-corrected chi connectivity index (χ1v) is 11.3. The Morgan fingerprint density at radius 1 is 1.00 bits per heavy atom. The highest BCUT2D eigenvalue weighted by Crippen LogP contribution is 2.36. The van der Waals surface area contributed by atoms with Crippen LogP contribution in [0, 0.1) is 6.92 Å². The second-order valence-corrected chi connectivity index (χ2v) is 9.33. The number of rotatable bonds is 4. The summed E-state index contributed by atoms with van der Waals surface area (Å²) < 4.78 is 29.8. The van der Waals surface area contributed by atoms with E-state index in [1.165, 1.54) is 3.97 Å². The Balaban J connectivity index is 1.65. The number of aryl methyl sites for hydroxylation is 1. The number of aromatic nitrogens is 2. The molecule has 30 heavy (non-hydrogen) atoms. The van der Waals surface area contributed by atoms with Gasteiger partial charge >= 0.3 is 0 Å². The third-order valence-corrected chi connectivity index (χ3v) is 7.40. The molecule has 152 valence electrons. The number of nitrogens with zero attached hydrogens (tertiary/aromatic N) is 2. The van der Waals surface area contributed by atoms with Gasteiger partial charge in [0.2, 0.25) is 0 Å². The van der Waals surface area contributed by atoms with Crippen molar-refractivity contribution in [3.8, 4) is 0 Å². The van der Waals surface area contributed by atoms with Crippen LogP contribution < -0.4 is 4.84 Å². The van der Waals surface area contributed by atoms with Gasteiger partial charge in [-0.2, -0.15) is 4.73 Å². The zero-order valence-electron chi connectivity index (χ0n) is 16.9. The van der Waals surface area contributed by atoms with Crippen LogP contribution in [0.4, 0.5) is 0 Å². The van der Waals surface area contributed by atoms with Crippen LogP contribution in [0.3, 0.4) is 0 Å². The van der Waals surface area contributed by atoms with Gasteiger partial charge in [-0.15, -0.1) is 0 Å². The minimum atomic E-state index is -3.65. The lowest BCUT2D eigenvalue weighted by Crippen LogP contribution is -2.17. The summed E-state index contributed by atoms with van der Waals surface area (Å²) in [7, 11) is -2.00. The highest BCUT2D eigenvalue weighted by Gasteiger charge is 2.27. The predicted octanol–water partition coefficient (Wildman–Crippen LogP) is 4.42. The molecule has 2 aromatic carbocycles. The topological polar surface area (TPSA) is 53.2 Å². The van der Waals surface area contributed by atoms with E-state index in [-0.39, 0.29) is 0 Å². The lowest BCUT2D eigenvalue weighted by Gasteiger charge is -2.18. The summed E-state index contributed by atoms with van der Waals surface area (Å²) in [5.41, 5.74) is 5.66. The normalized spacial score (nSPS) is 13.9. The van der Waals surface area contributed by atoms with Gasteiger partial charge in [-0.05, 0) is 50.1 Å². The van der Waals surface area contributed by atoms with E-state index in [1.807, 2.05) is 54.1 Å². The Morgan fingerprint density at radius 3 is 2.53 bits per heavy atom. The van der Waals surface area contributed by atoms with Gasteiger partial charge in [0.05, 0.1) is 16.1 Å². The molecule has 0 atom stereocenters. The smallest absolute Gasteiger partial charge is 0.267 e. The van der Waals surface area contributed by atoms with Crippen molar-refractivity contribution in [2.75, 3.05) is 7.11 Å². The Hall–Kier alpha value is -3.25.